The molecule has 0 saturated heterocycles. The summed E-state index contributed by atoms with van der Waals surface area (Å²) in [6, 6.07) is 0. The second kappa shape index (κ2) is 3.96. The zero-order valence-corrected chi connectivity index (χ0v) is 8.69. The normalized spacial score (nSPS) is 15.8. The van der Waals surface area contributed by atoms with Gasteiger partial charge in [-0.2, -0.15) is 0 Å². The highest BCUT2D eigenvalue weighted by atomic mass is 16.4. The molecule has 0 radical (unpaired) electrons. The Morgan fingerprint density at radius 2 is 2.25 bits per heavy atom. The molecule has 1 fully saturated rings. The Morgan fingerprint density at radius 1 is 1.56 bits per heavy atom. The number of carbonyl (C=O) groups is 1. The van der Waals surface area contributed by atoms with Gasteiger partial charge in [0.2, 0.25) is 0 Å². The number of nitrogens with two attached hydrogens (primary N) is 1. The van der Waals surface area contributed by atoms with E-state index < -0.39 is 11.5 Å². The van der Waals surface area contributed by atoms with Crippen LogP contribution in [0.1, 0.15) is 36.6 Å². The van der Waals surface area contributed by atoms with Gasteiger partial charge in [-0.15, -0.1) is 0 Å². The lowest BCUT2D eigenvalue weighted by Gasteiger charge is -2.24. The van der Waals surface area contributed by atoms with Crippen molar-refractivity contribution in [1.82, 2.24) is 9.97 Å². The Labute approximate surface area is 91.5 Å². The molecule has 16 heavy (non-hydrogen) atoms. The van der Waals surface area contributed by atoms with Gasteiger partial charge in [-0.25, -0.2) is 4.98 Å². The molecule has 6 heteroatoms. The lowest BCUT2D eigenvalue weighted by Crippen LogP contribution is -2.25. The van der Waals surface area contributed by atoms with Crippen LogP contribution in [-0.2, 0) is 11.2 Å². The Morgan fingerprint density at radius 3 is 2.69 bits per heavy atom. The van der Waals surface area contributed by atoms with Gasteiger partial charge in [0.05, 0.1) is 12.0 Å². The van der Waals surface area contributed by atoms with Crippen molar-refractivity contribution < 1.29 is 9.90 Å². The Bertz CT molecular complexity index is 477. The summed E-state index contributed by atoms with van der Waals surface area (Å²) in [6.45, 7) is 0. The van der Waals surface area contributed by atoms with E-state index in [-0.39, 0.29) is 23.7 Å². The van der Waals surface area contributed by atoms with Crippen LogP contribution in [-0.4, -0.2) is 21.0 Å². The fourth-order valence-corrected chi connectivity index (χ4v) is 1.73. The molecule has 1 saturated carbocycles. The molecule has 1 aliphatic carbocycles. The van der Waals surface area contributed by atoms with E-state index in [0.717, 1.165) is 19.3 Å². The molecule has 0 aromatic carbocycles. The molecule has 2 rings (SSSR count). The van der Waals surface area contributed by atoms with Crippen LogP contribution in [0.5, 0.6) is 0 Å². The molecule has 0 amide bonds. The summed E-state index contributed by atoms with van der Waals surface area (Å²) in [4.78, 5) is 28.8. The number of carboxylic acids is 1. The summed E-state index contributed by atoms with van der Waals surface area (Å²) in [7, 11) is 0. The van der Waals surface area contributed by atoms with Crippen molar-refractivity contribution in [2.75, 3.05) is 5.73 Å². The van der Waals surface area contributed by atoms with Crippen molar-refractivity contribution in [2.24, 2.45) is 0 Å². The molecular formula is C10H13N3O3. The number of nitrogens with zero attached hydrogens (tertiary/aromatic N) is 1. The zero-order valence-electron chi connectivity index (χ0n) is 8.69. The van der Waals surface area contributed by atoms with Gasteiger partial charge in [0.25, 0.3) is 5.56 Å². The van der Waals surface area contributed by atoms with Crippen LogP contribution in [0.25, 0.3) is 0 Å². The summed E-state index contributed by atoms with van der Waals surface area (Å²) in [6.07, 6.45) is 2.74. The standard InChI is InChI=1S/C10H13N3O3/c11-8-6(4-7(14)15)10(16)13-9(12-8)5-2-1-3-5/h5H,1-4H2,(H,14,15)(H3,11,12,13,16). The van der Waals surface area contributed by atoms with Gasteiger partial charge in [-0.1, -0.05) is 6.42 Å². The number of aromatic amines is 1. The number of carboxylic acid groups (broad SMARTS) is 1. The minimum absolute atomic E-state index is 0.0352. The van der Waals surface area contributed by atoms with Gasteiger partial charge in [0.15, 0.2) is 0 Å². The molecule has 4 N–H and O–H groups in total. The smallest absolute Gasteiger partial charge is 0.308 e. The van der Waals surface area contributed by atoms with Crippen molar-refractivity contribution in [2.45, 2.75) is 31.6 Å². The molecule has 0 unspecified atom stereocenters. The molecule has 1 aromatic rings. The first-order valence-electron chi connectivity index (χ1n) is 5.18. The van der Waals surface area contributed by atoms with E-state index in [4.69, 9.17) is 10.8 Å². The molecule has 1 aliphatic rings. The minimum Gasteiger partial charge on any atom is -0.481 e. The highest BCUT2D eigenvalue weighted by Gasteiger charge is 2.23. The number of hydrogen-bond acceptors (Lipinski definition) is 4. The van der Waals surface area contributed by atoms with Gasteiger partial charge in [0, 0.05) is 5.92 Å². The maximum absolute atomic E-state index is 11.6. The number of rotatable bonds is 3. The zero-order chi connectivity index (χ0) is 11.7. The third kappa shape index (κ3) is 1.91. The molecule has 0 aliphatic heterocycles. The Hall–Kier alpha value is -1.85. The number of H-pyrrole nitrogens is 1. The maximum Gasteiger partial charge on any atom is 0.308 e. The monoisotopic (exact) mass is 223 g/mol. The van der Waals surface area contributed by atoms with Crippen LogP contribution in [0.15, 0.2) is 4.79 Å². The predicted molar refractivity (Wildman–Crippen MR) is 57.2 cm³/mol. The second-order valence-electron chi connectivity index (χ2n) is 4.01. The number of anilines is 1. The first kappa shape index (κ1) is 10.7. The average Bonchev–Trinajstić information content (AvgIpc) is 2.08. The summed E-state index contributed by atoms with van der Waals surface area (Å²) in [5, 5.41) is 8.62. The van der Waals surface area contributed by atoms with E-state index in [1.807, 2.05) is 0 Å². The fraction of sp³-hybridized carbons (Fsp3) is 0.500. The van der Waals surface area contributed by atoms with E-state index in [1.165, 1.54) is 0 Å². The largest absolute Gasteiger partial charge is 0.481 e. The van der Waals surface area contributed by atoms with Gasteiger partial charge in [-0.05, 0) is 12.8 Å². The molecule has 86 valence electrons. The third-order valence-electron chi connectivity index (χ3n) is 2.89. The molecular weight excluding hydrogens is 210 g/mol. The quantitative estimate of drug-likeness (QED) is 0.680. The highest BCUT2D eigenvalue weighted by Crippen LogP contribution is 2.34. The van der Waals surface area contributed by atoms with Gasteiger partial charge in [0.1, 0.15) is 11.6 Å². The number of nitrogen functional groups attached to an aromatic ring is 1. The molecule has 0 bridgehead atoms. The van der Waals surface area contributed by atoms with Crippen molar-refractivity contribution in [3.63, 3.8) is 0 Å². The topological polar surface area (TPSA) is 109 Å². The van der Waals surface area contributed by atoms with Gasteiger partial charge < -0.3 is 15.8 Å². The molecule has 0 atom stereocenters. The summed E-state index contributed by atoms with van der Waals surface area (Å²) < 4.78 is 0. The van der Waals surface area contributed by atoms with Crippen LogP contribution in [0.3, 0.4) is 0 Å². The van der Waals surface area contributed by atoms with Gasteiger partial charge in [-0.3, -0.25) is 9.59 Å². The summed E-state index contributed by atoms with van der Waals surface area (Å²) in [5.41, 5.74) is 5.20. The van der Waals surface area contributed by atoms with Crippen LogP contribution in [0, 0.1) is 0 Å². The predicted octanol–water partition coefficient (Wildman–Crippen LogP) is 0.247. The van der Waals surface area contributed by atoms with Crippen molar-refractivity contribution in [3.05, 3.63) is 21.7 Å². The van der Waals surface area contributed by atoms with E-state index in [1.54, 1.807) is 0 Å². The molecule has 1 aromatic heterocycles. The van der Waals surface area contributed by atoms with Crippen molar-refractivity contribution in [1.29, 1.82) is 0 Å². The van der Waals surface area contributed by atoms with Crippen LogP contribution >= 0.6 is 0 Å². The Balaban J connectivity index is 2.34. The van der Waals surface area contributed by atoms with Gasteiger partial charge >= 0.3 is 5.97 Å². The van der Waals surface area contributed by atoms with E-state index >= 15 is 0 Å². The van der Waals surface area contributed by atoms with E-state index in [2.05, 4.69) is 9.97 Å². The lowest BCUT2D eigenvalue weighted by molar-refractivity contribution is -0.136. The Kier molecular flexibility index (Phi) is 2.64. The minimum atomic E-state index is -1.09. The van der Waals surface area contributed by atoms with Crippen molar-refractivity contribution >= 4 is 11.8 Å². The van der Waals surface area contributed by atoms with Crippen LogP contribution in [0.2, 0.25) is 0 Å². The number of hydrogen-bond donors (Lipinski definition) is 3. The van der Waals surface area contributed by atoms with Crippen LogP contribution in [0.4, 0.5) is 5.82 Å². The number of aliphatic carboxylic acids is 1. The molecule has 6 nitrogen and oxygen atoms in total. The lowest BCUT2D eigenvalue weighted by atomic mass is 9.85. The maximum atomic E-state index is 11.6. The van der Waals surface area contributed by atoms with Crippen molar-refractivity contribution in [3.8, 4) is 0 Å². The summed E-state index contributed by atoms with van der Waals surface area (Å²) >= 11 is 0. The second-order valence-corrected chi connectivity index (χ2v) is 4.01. The molecule has 0 spiro atoms. The summed E-state index contributed by atoms with van der Waals surface area (Å²) in [5.74, 6) is -0.194. The average molecular weight is 223 g/mol. The van der Waals surface area contributed by atoms with E-state index in [0.29, 0.717) is 5.82 Å². The first-order chi connectivity index (χ1) is 7.58. The van der Waals surface area contributed by atoms with Crippen LogP contribution < -0.4 is 11.3 Å². The first-order valence-corrected chi connectivity index (χ1v) is 5.18. The number of nitrogens with one attached hydrogen (secondary N) is 1. The SMILES string of the molecule is Nc1nc(C2CCC2)[nH]c(=O)c1CC(=O)O. The highest BCUT2D eigenvalue weighted by molar-refractivity contribution is 5.71. The molecule has 1 heterocycles. The van der Waals surface area contributed by atoms with E-state index in [9.17, 15) is 9.59 Å². The number of aromatic nitrogens is 2. The third-order valence-corrected chi connectivity index (χ3v) is 2.89. The fourth-order valence-electron chi connectivity index (χ4n) is 1.73.